The molecule has 0 aliphatic carbocycles. The largest absolute Gasteiger partial charge is 0.466 e. The van der Waals surface area contributed by atoms with Crippen LogP contribution in [0.4, 0.5) is 0 Å². The topological polar surface area (TPSA) is 78.9 Å². The van der Waals surface area contributed by atoms with Gasteiger partial charge in [0.15, 0.2) is 0 Å². The molecule has 0 aromatic heterocycles. The van der Waals surface area contributed by atoms with Crippen LogP contribution in [-0.2, 0) is 14.3 Å². The van der Waals surface area contributed by atoms with Crippen LogP contribution in [0.15, 0.2) is 0 Å². The number of aliphatic hydroxyl groups is 1. The summed E-state index contributed by atoms with van der Waals surface area (Å²) in [7, 11) is 0. The van der Waals surface area contributed by atoms with Gasteiger partial charge in [-0.2, -0.15) is 0 Å². The van der Waals surface area contributed by atoms with Crippen LogP contribution in [0.1, 0.15) is 39.0 Å². The van der Waals surface area contributed by atoms with Gasteiger partial charge in [-0.25, -0.2) is 0 Å². The molecule has 0 saturated carbocycles. The quantitative estimate of drug-likeness (QED) is 0.495. The smallest absolute Gasteiger partial charge is 0.305 e. The number of likely N-dealkylation sites (tertiary alicyclic amines) is 1. The number of hydrogen-bond donors (Lipinski definition) is 2. The fourth-order valence-electron chi connectivity index (χ4n) is 2.41. The summed E-state index contributed by atoms with van der Waals surface area (Å²) in [6.07, 6.45) is 4.06. The number of carbonyl (C=O) groups excluding carboxylic acids is 2. The highest BCUT2D eigenvalue weighted by molar-refractivity contribution is 5.78. The summed E-state index contributed by atoms with van der Waals surface area (Å²) in [5.41, 5.74) is 0. The zero-order valence-electron chi connectivity index (χ0n) is 12.3. The molecule has 1 aliphatic heterocycles. The van der Waals surface area contributed by atoms with Crippen molar-refractivity contribution in [2.45, 2.75) is 45.1 Å². The average molecular weight is 286 g/mol. The first-order valence-electron chi connectivity index (χ1n) is 7.44. The van der Waals surface area contributed by atoms with E-state index in [1.165, 1.54) is 0 Å². The van der Waals surface area contributed by atoms with Crippen LogP contribution < -0.4 is 5.32 Å². The molecule has 0 aromatic rings. The van der Waals surface area contributed by atoms with Crippen molar-refractivity contribution in [1.82, 2.24) is 10.2 Å². The Bertz CT molecular complexity index is 310. The summed E-state index contributed by atoms with van der Waals surface area (Å²) >= 11 is 0. The molecule has 1 rings (SSSR count). The predicted molar refractivity (Wildman–Crippen MR) is 75.2 cm³/mol. The van der Waals surface area contributed by atoms with E-state index < -0.39 is 0 Å². The first kappa shape index (κ1) is 16.9. The molecule has 1 heterocycles. The summed E-state index contributed by atoms with van der Waals surface area (Å²) in [6, 6.07) is 0.106. The molecule has 0 aromatic carbocycles. The van der Waals surface area contributed by atoms with Gasteiger partial charge in [-0.3, -0.25) is 14.5 Å². The molecule has 2 N–H and O–H groups in total. The van der Waals surface area contributed by atoms with E-state index in [-0.39, 0.29) is 24.5 Å². The molecular formula is C14H26N2O4. The third-order valence-corrected chi connectivity index (χ3v) is 3.49. The third kappa shape index (κ3) is 6.34. The van der Waals surface area contributed by atoms with E-state index in [1.807, 2.05) is 4.90 Å². The Labute approximate surface area is 120 Å². The van der Waals surface area contributed by atoms with Gasteiger partial charge in [0, 0.05) is 19.0 Å². The molecule has 1 saturated heterocycles. The molecule has 20 heavy (non-hydrogen) atoms. The van der Waals surface area contributed by atoms with Gasteiger partial charge in [-0.05, 0) is 32.7 Å². The highest BCUT2D eigenvalue weighted by atomic mass is 16.5. The van der Waals surface area contributed by atoms with Crippen LogP contribution in [0.3, 0.4) is 0 Å². The van der Waals surface area contributed by atoms with Gasteiger partial charge in [0.1, 0.15) is 0 Å². The molecule has 1 fully saturated rings. The lowest BCUT2D eigenvalue weighted by Gasteiger charge is -2.33. The Morgan fingerprint density at radius 3 is 2.90 bits per heavy atom. The molecule has 6 heteroatoms. The zero-order chi connectivity index (χ0) is 14.8. The lowest BCUT2D eigenvalue weighted by atomic mass is 10.0. The summed E-state index contributed by atoms with van der Waals surface area (Å²) in [6.45, 7) is 3.94. The Balaban J connectivity index is 2.14. The lowest BCUT2D eigenvalue weighted by Crippen LogP contribution is -2.47. The molecule has 1 aliphatic rings. The minimum Gasteiger partial charge on any atom is -0.466 e. The fourth-order valence-corrected chi connectivity index (χ4v) is 2.41. The van der Waals surface area contributed by atoms with Gasteiger partial charge in [0.2, 0.25) is 5.91 Å². The standard InChI is InChI=1S/C14H26N2O4/c1-2-20-14(19)7-5-8-15-13(18)10-16-9-4-3-6-12(16)11-17/h12,17H,2-11H2,1H3,(H,15,18). The van der Waals surface area contributed by atoms with Gasteiger partial charge >= 0.3 is 5.97 Å². The minimum atomic E-state index is -0.224. The van der Waals surface area contributed by atoms with E-state index in [0.29, 0.717) is 32.5 Å². The van der Waals surface area contributed by atoms with Gasteiger partial charge in [-0.15, -0.1) is 0 Å². The highest BCUT2D eigenvalue weighted by Gasteiger charge is 2.23. The number of esters is 1. The van der Waals surface area contributed by atoms with Crippen LogP contribution in [0, 0.1) is 0 Å². The van der Waals surface area contributed by atoms with Crippen molar-refractivity contribution in [2.75, 3.05) is 32.8 Å². The van der Waals surface area contributed by atoms with Crippen LogP contribution in [0.5, 0.6) is 0 Å². The van der Waals surface area contributed by atoms with Gasteiger partial charge in [0.25, 0.3) is 0 Å². The maximum Gasteiger partial charge on any atom is 0.305 e. The Hall–Kier alpha value is -1.14. The Kier molecular flexibility index (Phi) is 8.22. The number of ether oxygens (including phenoxy) is 1. The van der Waals surface area contributed by atoms with Crippen LogP contribution >= 0.6 is 0 Å². The SMILES string of the molecule is CCOC(=O)CCCNC(=O)CN1CCCCC1CO. The average Bonchev–Trinajstić information content (AvgIpc) is 2.44. The number of hydrogen-bond acceptors (Lipinski definition) is 5. The van der Waals surface area contributed by atoms with Crippen molar-refractivity contribution in [2.24, 2.45) is 0 Å². The van der Waals surface area contributed by atoms with E-state index in [2.05, 4.69) is 5.32 Å². The second kappa shape index (κ2) is 9.72. The van der Waals surface area contributed by atoms with Crippen molar-refractivity contribution >= 4 is 11.9 Å². The monoisotopic (exact) mass is 286 g/mol. The van der Waals surface area contributed by atoms with Crippen molar-refractivity contribution < 1.29 is 19.4 Å². The third-order valence-electron chi connectivity index (χ3n) is 3.49. The van der Waals surface area contributed by atoms with Crippen LogP contribution in [-0.4, -0.2) is 60.8 Å². The summed E-state index contributed by atoms with van der Waals surface area (Å²) in [4.78, 5) is 24.9. The Morgan fingerprint density at radius 2 is 2.20 bits per heavy atom. The molecule has 0 radical (unpaired) electrons. The normalized spacial score (nSPS) is 19.6. The van der Waals surface area contributed by atoms with Gasteiger partial charge in [0.05, 0.1) is 19.8 Å². The number of piperidine rings is 1. The van der Waals surface area contributed by atoms with Crippen LogP contribution in [0.2, 0.25) is 0 Å². The molecule has 0 spiro atoms. The van der Waals surface area contributed by atoms with Crippen molar-refractivity contribution in [1.29, 1.82) is 0 Å². The highest BCUT2D eigenvalue weighted by Crippen LogP contribution is 2.15. The van der Waals surface area contributed by atoms with Crippen molar-refractivity contribution in [3.05, 3.63) is 0 Å². The first-order chi connectivity index (χ1) is 9.67. The Morgan fingerprint density at radius 1 is 1.40 bits per heavy atom. The lowest BCUT2D eigenvalue weighted by molar-refractivity contribution is -0.143. The van der Waals surface area contributed by atoms with E-state index >= 15 is 0 Å². The number of nitrogens with one attached hydrogen (secondary N) is 1. The molecule has 1 unspecified atom stereocenters. The van der Waals surface area contributed by atoms with Crippen molar-refractivity contribution in [3.8, 4) is 0 Å². The van der Waals surface area contributed by atoms with Gasteiger partial charge < -0.3 is 15.2 Å². The molecule has 0 bridgehead atoms. The molecule has 1 atom stereocenters. The second-order valence-corrected chi connectivity index (χ2v) is 5.06. The summed E-state index contributed by atoms with van der Waals surface area (Å²) < 4.78 is 4.81. The number of carbonyl (C=O) groups is 2. The predicted octanol–water partition coefficient (Wildman–Crippen LogP) is 0.293. The zero-order valence-corrected chi connectivity index (χ0v) is 12.3. The summed E-state index contributed by atoms with van der Waals surface area (Å²) in [5, 5.41) is 12.1. The fraction of sp³-hybridized carbons (Fsp3) is 0.857. The van der Waals surface area contributed by atoms with E-state index in [4.69, 9.17) is 4.74 Å². The van der Waals surface area contributed by atoms with E-state index in [0.717, 1.165) is 25.8 Å². The van der Waals surface area contributed by atoms with Gasteiger partial charge in [-0.1, -0.05) is 6.42 Å². The molecule has 1 amide bonds. The number of amides is 1. The first-order valence-corrected chi connectivity index (χ1v) is 7.44. The van der Waals surface area contributed by atoms with Crippen LogP contribution in [0.25, 0.3) is 0 Å². The number of rotatable bonds is 8. The summed E-state index contributed by atoms with van der Waals surface area (Å²) in [5.74, 6) is -0.271. The second-order valence-electron chi connectivity index (χ2n) is 5.06. The van der Waals surface area contributed by atoms with E-state index in [9.17, 15) is 14.7 Å². The molecule has 116 valence electrons. The number of nitrogens with zero attached hydrogens (tertiary/aromatic N) is 1. The maximum absolute atomic E-state index is 11.8. The molecule has 6 nitrogen and oxygen atoms in total. The minimum absolute atomic E-state index is 0.0470. The number of aliphatic hydroxyl groups excluding tert-OH is 1. The maximum atomic E-state index is 11.8. The van der Waals surface area contributed by atoms with Crippen molar-refractivity contribution in [3.63, 3.8) is 0 Å². The molecular weight excluding hydrogens is 260 g/mol. The van der Waals surface area contributed by atoms with E-state index in [1.54, 1.807) is 6.92 Å².